The predicted octanol–water partition coefficient (Wildman–Crippen LogP) is 4.48. The van der Waals surface area contributed by atoms with Gasteiger partial charge < -0.3 is 9.64 Å². The first-order valence-electron chi connectivity index (χ1n) is 11.2. The van der Waals surface area contributed by atoms with Gasteiger partial charge in [-0.2, -0.15) is 0 Å². The number of amides is 2. The molecule has 2 aliphatic heterocycles. The number of carbonyl (C=O) groups excluding carboxylic acids is 1. The SMILES string of the molecule is CC(F)Oc1ccc(C2CN(C(=O)N(C)C3CCN(Cc4ccccc4)CC3)C=N2)cc1. The van der Waals surface area contributed by atoms with Crippen LogP contribution in [0.5, 0.6) is 5.75 Å². The lowest BCUT2D eigenvalue weighted by Gasteiger charge is -2.37. The van der Waals surface area contributed by atoms with E-state index < -0.39 is 6.36 Å². The van der Waals surface area contributed by atoms with Crippen LogP contribution in [-0.2, 0) is 6.54 Å². The molecule has 1 saturated heterocycles. The van der Waals surface area contributed by atoms with Crippen molar-refractivity contribution >= 4 is 12.4 Å². The third-order valence-corrected chi connectivity index (χ3v) is 6.22. The van der Waals surface area contributed by atoms with Gasteiger partial charge in [-0.25, -0.2) is 9.18 Å². The van der Waals surface area contributed by atoms with E-state index in [2.05, 4.69) is 34.2 Å². The van der Waals surface area contributed by atoms with Crippen LogP contribution in [0.25, 0.3) is 0 Å². The summed E-state index contributed by atoms with van der Waals surface area (Å²) in [6.07, 6.45) is 2.23. The molecule has 2 aliphatic rings. The highest BCUT2D eigenvalue weighted by Gasteiger charge is 2.31. The van der Waals surface area contributed by atoms with Crippen LogP contribution < -0.4 is 4.74 Å². The summed E-state index contributed by atoms with van der Waals surface area (Å²) in [7, 11) is 1.89. The fraction of sp³-hybridized carbons (Fsp3) is 0.440. The normalized spacial score (nSPS) is 20.3. The minimum absolute atomic E-state index is 0.0102. The highest BCUT2D eigenvalue weighted by molar-refractivity contribution is 5.87. The summed E-state index contributed by atoms with van der Waals surface area (Å²) >= 11 is 0. The Morgan fingerprint density at radius 1 is 1.16 bits per heavy atom. The van der Waals surface area contributed by atoms with E-state index in [0.29, 0.717) is 12.3 Å². The van der Waals surface area contributed by atoms with Crippen molar-refractivity contribution in [1.82, 2.24) is 14.7 Å². The molecule has 2 atom stereocenters. The summed E-state index contributed by atoms with van der Waals surface area (Å²) < 4.78 is 18.0. The number of halogens is 1. The average molecular weight is 439 g/mol. The van der Waals surface area contributed by atoms with Crippen LogP contribution in [0.1, 0.15) is 36.9 Å². The number of alkyl halides is 1. The highest BCUT2D eigenvalue weighted by atomic mass is 19.1. The van der Waals surface area contributed by atoms with Crippen LogP contribution >= 0.6 is 0 Å². The Balaban J connectivity index is 1.26. The van der Waals surface area contributed by atoms with Gasteiger partial charge in [0.15, 0.2) is 0 Å². The van der Waals surface area contributed by atoms with Crippen LogP contribution in [0.15, 0.2) is 59.6 Å². The predicted molar refractivity (Wildman–Crippen MR) is 123 cm³/mol. The Bertz CT molecular complexity index is 911. The average Bonchev–Trinajstić information content (AvgIpc) is 3.30. The minimum Gasteiger partial charge on any atom is -0.461 e. The largest absolute Gasteiger partial charge is 0.461 e. The van der Waals surface area contributed by atoms with Crippen molar-refractivity contribution in [3.8, 4) is 5.75 Å². The van der Waals surface area contributed by atoms with Crippen molar-refractivity contribution in [3.05, 3.63) is 65.7 Å². The van der Waals surface area contributed by atoms with E-state index in [9.17, 15) is 9.18 Å². The van der Waals surface area contributed by atoms with Crippen LogP contribution in [0.2, 0.25) is 0 Å². The highest BCUT2D eigenvalue weighted by Crippen LogP contribution is 2.26. The number of rotatable bonds is 6. The smallest absolute Gasteiger partial charge is 0.325 e. The first-order valence-corrected chi connectivity index (χ1v) is 11.2. The number of likely N-dealkylation sites (tertiary alicyclic amines) is 1. The zero-order valence-corrected chi connectivity index (χ0v) is 18.7. The lowest BCUT2D eigenvalue weighted by atomic mass is 10.0. The first-order chi connectivity index (χ1) is 15.5. The number of urea groups is 1. The second-order valence-corrected chi connectivity index (χ2v) is 8.55. The summed E-state index contributed by atoms with van der Waals surface area (Å²) in [6.45, 7) is 4.79. The Morgan fingerprint density at radius 3 is 2.50 bits per heavy atom. The number of piperidine rings is 1. The monoisotopic (exact) mass is 438 g/mol. The number of aliphatic imine (C=N–C) groups is 1. The third kappa shape index (κ3) is 5.46. The first kappa shape index (κ1) is 22.3. The maximum Gasteiger partial charge on any atom is 0.325 e. The van der Waals surface area contributed by atoms with Gasteiger partial charge in [-0.05, 0) is 36.1 Å². The maximum absolute atomic E-state index is 13.1. The van der Waals surface area contributed by atoms with Crippen molar-refractivity contribution < 1.29 is 13.9 Å². The Kier molecular flexibility index (Phi) is 7.05. The van der Waals surface area contributed by atoms with Crippen molar-refractivity contribution in [2.75, 3.05) is 26.7 Å². The van der Waals surface area contributed by atoms with Gasteiger partial charge in [-0.3, -0.25) is 14.8 Å². The lowest BCUT2D eigenvalue weighted by Crippen LogP contribution is -2.49. The summed E-state index contributed by atoms with van der Waals surface area (Å²) in [5, 5.41) is 0. The summed E-state index contributed by atoms with van der Waals surface area (Å²) in [5.41, 5.74) is 2.31. The van der Waals surface area contributed by atoms with Gasteiger partial charge in [0.2, 0.25) is 6.36 Å². The van der Waals surface area contributed by atoms with Gasteiger partial charge in [0.25, 0.3) is 0 Å². The van der Waals surface area contributed by atoms with Gasteiger partial charge in [-0.1, -0.05) is 42.5 Å². The molecule has 0 aromatic heterocycles. The van der Waals surface area contributed by atoms with Crippen LogP contribution in [0.4, 0.5) is 9.18 Å². The molecule has 2 aromatic carbocycles. The molecule has 0 saturated carbocycles. The van der Waals surface area contributed by atoms with Gasteiger partial charge in [0.1, 0.15) is 5.75 Å². The number of hydrogen-bond donors (Lipinski definition) is 0. The molecule has 0 radical (unpaired) electrons. The molecule has 2 aromatic rings. The molecule has 4 rings (SSSR count). The topological polar surface area (TPSA) is 48.4 Å². The van der Waals surface area contributed by atoms with Crippen LogP contribution in [0, 0.1) is 0 Å². The van der Waals surface area contributed by atoms with E-state index in [0.717, 1.165) is 38.0 Å². The van der Waals surface area contributed by atoms with Gasteiger partial charge >= 0.3 is 6.03 Å². The van der Waals surface area contributed by atoms with Crippen molar-refractivity contribution in [3.63, 3.8) is 0 Å². The minimum atomic E-state index is -1.35. The van der Waals surface area contributed by atoms with Crippen LogP contribution in [0.3, 0.4) is 0 Å². The quantitative estimate of drug-likeness (QED) is 0.668. The molecule has 0 spiro atoms. The van der Waals surface area contributed by atoms with E-state index in [1.165, 1.54) is 12.5 Å². The van der Waals surface area contributed by atoms with E-state index in [1.807, 2.05) is 30.1 Å². The van der Waals surface area contributed by atoms with E-state index in [4.69, 9.17) is 4.74 Å². The van der Waals surface area contributed by atoms with Crippen molar-refractivity contribution in [2.24, 2.45) is 4.99 Å². The number of nitrogens with zero attached hydrogens (tertiary/aromatic N) is 4. The van der Waals surface area contributed by atoms with E-state index in [-0.39, 0.29) is 18.1 Å². The lowest BCUT2D eigenvalue weighted by molar-refractivity contribution is 0.0860. The zero-order valence-electron chi connectivity index (χ0n) is 18.7. The Morgan fingerprint density at radius 2 is 1.84 bits per heavy atom. The molecule has 1 fully saturated rings. The second-order valence-electron chi connectivity index (χ2n) is 8.55. The molecule has 170 valence electrons. The molecule has 0 aliphatic carbocycles. The summed E-state index contributed by atoms with van der Waals surface area (Å²) in [6, 6.07) is 17.8. The zero-order chi connectivity index (χ0) is 22.5. The number of hydrogen-bond acceptors (Lipinski definition) is 4. The Labute approximate surface area is 189 Å². The van der Waals surface area contributed by atoms with Gasteiger partial charge in [0, 0.05) is 39.6 Å². The number of benzene rings is 2. The molecular formula is C25H31FN4O2. The molecule has 6 nitrogen and oxygen atoms in total. The van der Waals surface area contributed by atoms with Gasteiger partial charge in [-0.15, -0.1) is 0 Å². The Hall–Kier alpha value is -2.93. The standard InChI is InChI=1S/C25H31FN4O2/c1-19(26)32-23-10-8-21(9-11-23)24-17-30(18-27-24)25(31)28(2)22-12-14-29(15-13-22)16-20-6-4-3-5-7-20/h3-11,18-19,22,24H,12-17H2,1-2H3. The molecule has 7 heteroatoms. The molecule has 0 N–H and O–H groups in total. The number of carbonyl (C=O) groups is 1. The number of ether oxygens (including phenoxy) is 1. The second kappa shape index (κ2) is 10.1. The summed E-state index contributed by atoms with van der Waals surface area (Å²) in [5.74, 6) is 0.483. The van der Waals surface area contributed by atoms with Crippen LogP contribution in [-0.4, -0.2) is 66.2 Å². The fourth-order valence-corrected chi connectivity index (χ4v) is 4.38. The molecular weight excluding hydrogens is 407 g/mol. The molecule has 32 heavy (non-hydrogen) atoms. The third-order valence-electron chi connectivity index (χ3n) is 6.22. The van der Waals surface area contributed by atoms with Gasteiger partial charge in [0.05, 0.1) is 18.9 Å². The maximum atomic E-state index is 13.1. The van der Waals surface area contributed by atoms with E-state index >= 15 is 0 Å². The molecule has 2 unspecified atom stereocenters. The van der Waals surface area contributed by atoms with Crippen molar-refractivity contribution in [1.29, 1.82) is 0 Å². The fourth-order valence-electron chi connectivity index (χ4n) is 4.38. The molecule has 2 heterocycles. The van der Waals surface area contributed by atoms with E-state index in [1.54, 1.807) is 23.4 Å². The molecule has 2 amide bonds. The summed E-state index contributed by atoms with van der Waals surface area (Å²) in [4.78, 5) is 23.6. The molecule has 0 bridgehead atoms. The van der Waals surface area contributed by atoms with Crippen molar-refractivity contribution in [2.45, 2.75) is 44.8 Å².